The van der Waals surface area contributed by atoms with E-state index >= 15 is 0 Å². The van der Waals surface area contributed by atoms with Crippen LogP contribution in [0.25, 0.3) is 11.3 Å². The van der Waals surface area contributed by atoms with Crippen molar-refractivity contribution in [2.45, 2.75) is 26.4 Å². The molecule has 9 heteroatoms. The van der Waals surface area contributed by atoms with Crippen LogP contribution in [0.5, 0.6) is 0 Å². The summed E-state index contributed by atoms with van der Waals surface area (Å²) in [6.45, 7) is 4.15. The number of halogens is 2. The minimum absolute atomic E-state index is 0.0381. The first-order valence-corrected chi connectivity index (χ1v) is 11.7. The van der Waals surface area contributed by atoms with Crippen LogP contribution in [0.15, 0.2) is 53.1 Å². The van der Waals surface area contributed by atoms with E-state index in [1.165, 1.54) is 29.0 Å². The lowest BCUT2D eigenvalue weighted by Crippen LogP contribution is -2.29. The molecular weight excluding hydrogens is 463 g/mol. The molecule has 0 saturated carbocycles. The SMILES string of the molecule is Cc1onc(-c2c(F)cccc2Cl)c1C(=O)Nc1nc2c(s1)CN(Cc1ccccc1)CC2. The van der Waals surface area contributed by atoms with Crippen molar-refractivity contribution < 1.29 is 13.7 Å². The number of hydrogen-bond donors (Lipinski definition) is 1. The fourth-order valence-electron chi connectivity index (χ4n) is 3.97. The van der Waals surface area contributed by atoms with Crippen molar-refractivity contribution in [2.75, 3.05) is 11.9 Å². The second kappa shape index (κ2) is 9.05. The minimum Gasteiger partial charge on any atom is -0.360 e. The fourth-order valence-corrected chi connectivity index (χ4v) is 5.27. The summed E-state index contributed by atoms with van der Waals surface area (Å²) < 4.78 is 19.7. The van der Waals surface area contributed by atoms with Gasteiger partial charge in [-0.15, -0.1) is 11.3 Å². The van der Waals surface area contributed by atoms with Crippen molar-refractivity contribution in [3.8, 4) is 11.3 Å². The first kappa shape index (κ1) is 21.8. The van der Waals surface area contributed by atoms with Crippen LogP contribution >= 0.6 is 22.9 Å². The lowest BCUT2D eigenvalue weighted by atomic mass is 10.1. The fraction of sp³-hybridized carbons (Fsp3) is 0.208. The van der Waals surface area contributed by atoms with E-state index in [1.54, 1.807) is 13.0 Å². The maximum Gasteiger partial charge on any atom is 0.263 e. The molecule has 2 aromatic carbocycles. The summed E-state index contributed by atoms with van der Waals surface area (Å²) in [4.78, 5) is 21.2. The molecule has 0 saturated heterocycles. The van der Waals surface area contributed by atoms with E-state index in [2.05, 4.69) is 32.5 Å². The molecule has 33 heavy (non-hydrogen) atoms. The Morgan fingerprint density at radius 2 is 2.06 bits per heavy atom. The van der Waals surface area contributed by atoms with Gasteiger partial charge in [-0.25, -0.2) is 9.37 Å². The van der Waals surface area contributed by atoms with Gasteiger partial charge in [0.1, 0.15) is 22.8 Å². The van der Waals surface area contributed by atoms with Gasteiger partial charge in [0.25, 0.3) is 5.91 Å². The Kier molecular flexibility index (Phi) is 5.97. The first-order chi connectivity index (χ1) is 16.0. The van der Waals surface area contributed by atoms with E-state index in [0.717, 1.165) is 36.6 Å². The molecule has 1 aliphatic heterocycles. The van der Waals surface area contributed by atoms with Gasteiger partial charge >= 0.3 is 0 Å². The predicted octanol–water partition coefficient (Wildman–Crippen LogP) is 5.71. The first-order valence-electron chi connectivity index (χ1n) is 10.5. The van der Waals surface area contributed by atoms with Crippen LogP contribution in [-0.2, 0) is 19.5 Å². The van der Waals surface area contributed by atoms with Crippen LogP contribution in [0.4, 0.5) is 9.52 Å². The quantitative estimate of drug-likeness (QED) is 0.394. The number of carbonyl (C=O) groups excluding carboxylic acids is 1. The number of benzene rings is 2. The summed E-state index contributed by atoms with van der Waals surface area (Å²) in [7, 11) is 0. The normalized spacial score (nSPS) is 13.7. The topological polar surface area (TPSA) is 71.3 Å². The number of carbonyl (C=O) groups is 1. The number of aromatic nitrogens is 2. The lowest BCUT2D eigenvalue weighted by molar-refractivity contribution is 0.102. The molecule has 1 amide bonds. The van der Waals surface area contributed by atoms with Crippen LogP contribution in [0.1, 0.15) is 32.3 Å². The van der Waals surface area contributed by atoms with Crippen molar-refractivity contribution in [3.05, 3.63) is 86.8 Å². The molecule has 6 nitrogen and oxygen atoms in total. The molecule has 1 N–H and O–H groups in total. The third-order valence-corrected chi connectivity index (χ3v) is 6.88. The van der Waals surface area contributed by atoms with Gasteiger partial charge in [0.2, 0.25) is 0 Å². The van der Waals surface area contributed by atoms with Crippen LogP contribution in [0.2, 0.25) is 5.02 Å². The number of anilines is 1. The number of aryl methyl sites for hydroxylation is 1. The van der Waals surface area contributed by atoms with Crippen LogP contribution < -0.4 is 5.32 Å². The zero-order valence-corrected chi connectivity index (χ0v) is 19.3. The Bertz CT molecular complexity index is 1300. The highest BCUT2D eigenvalue weighted by atomic mass is 35.5. The molecule has 1 aliphatic rings. The van der Waals surface area contributed by atoms with Crippen LogP contribution in [0, 0.1) is 12.7 Å². The maximum absolute atomic E-state index is 14.5. The van der Waals surface area contributed by atoms with Gasteiger partial charge in [0.05, 0.1) is 16.3 Å². The molecule has 3 heterocycles. The zero-order chi connectivity index (χ0) is 22.9. The third kappa shape index (κ3) is 4.42. The number of fused-ring (bicyclic) bond motifs is 1. The predicted molar refractivity (Wildman–Crippen MR) is 126 cm³/mol. The van der Waals surface area contributed by atoms with Gasteiger partial charge in [-0.3, -0.25) is 15.0 Å². The van der Waals surface area contributed by atoms with E-state index in [9.17, 15) is 9.18 Å². The standard InChI is InChI=1S/C24H20ClFN4O2S/c1-14-20(22(29-32-14)21-16(25)8-5-9-17(21)26)23(31)28-24-27-18-10-11-30(13-19(18)33-24)12-15-6-3-2-4-7-15/h2-9H,10-13H2,1H3,(H,27,28,31). The summed E-state index contributed by atoms with van der Waals surface area (Å²) in [5, 5.41) is 7.39. The average molecular weight is 483 g/mol. The number of thiazole rings is 1. The molecule has 0 spiro atoms. The van der Waals surface area contributed by atoms with Gasteiger partial charge in [-0.1, -0.05) is 53.2 Å². The number of nitrogens with one attached hydrogen (secondary N) is 1. The summed E-state index contributed by atoms with van der Waals surface area (Å²) in [5.41, 5.74) is 2.51. The number of hydrogen-bond acceptors (Lipinski definition) is 6. The van der Waals surface area contributed by atoms with E-state index < -0.39 is 11.7 Å². The van der Waals surface area contributed by atoms with Crippen molar-refractivity contribution in [1.29, 1.82) is 0 Å². The molecule has 2 aromatic heterocycles. The molecule has 0 bridgehead atoms. The molecule has 4 aromatic rings. The lowest BCUT2D eigenvalue weighted by Gasteiger charge is -2.25. The van der Waals surface area contributed by atoms with E-state index in [-0.39, 0.29) is 27.6 Å². The number of nitrogens with zero attached hydrogens (tertiary/aromatic N) is 3. The average Bonchev–Trinajstić information content (AvgIpc) is 3.36. The smallest absolute Gasteiger partial charge is 0.263 e. The molecule has 168 valence electrons. The highest BCUT2D eigenvalue weighted by Gasteiger charge is 2.27. The van der Waals surface area contributed by atoms with Crippen molar-refractivity contribution in [3.63, 3.8) is 0 Å². The highest BCUT2D eigenvalue weighted by molar-refractivity contribution is 7.15. The van der Waals surface area contributed by atoms with E-state index in [1.807, 2.05) is 18.2 Å². The monoisotopic (exact) mass is 482 g/mol. The van der Waals surface area contributed by atoms with E-state index in [4.69, 9.17) is 16.1 Å². The molecule has 0 atom stereocenters. The largest absolute Gasteiger partial charge is 0.360 e. The molecule has 0 radical (unpaired) electrons. The second-order valence-corrected chi connectivity index (χ2v) is 9.34. The van der Waals surface area contributed by atoms with Gasteiger partial charge < -0.3 is 4.52 Å². The summed E-state index contributed by atoms with van der Waals surface area (Å²) in [5.74, 6) is -0.763. The molecule has 0 unspecified atom stereocenters. The molecule has 5 rings (SSSR count). The molecule has 0 aliphatic carbocycles. The van der Waals surface area contributed by atoms with Gasteiger partial charge in [0.15, 0.2) is 5.13 Å². The number of rotatable bonds is 5. The van der Waals surface area contributed by atoms with Crippen molar-refractivity contribution in [2.24, 2.45) is 0 Å². The van der Waals surface area contributed by atoms with Gasteiger partial charge in [-0.05, 0) is 24.6 Å². The van der Waals surface area contributed by atoms with Crippen molar-refractivity contribution in [1.82, 2.24) is 15.0 Å². The summed E-state index contributed by atoms with van der Waals surface area (Å²) >= 11 is 7.64. The Labute approximate surface area is 199 Å². The highest BCUT2D eigenvalue weighted by Crippen LogP contribution is 2.35. The Hall–Kier alpha value is -3.07. The van der Waals surface area contributed by atoms with Crippen molar-refractivity contribution >= 4 is 34.0 Å². The van der Waals surface area contributed by atoms with Gasteiger partial charge in [0, 0.05) is 30.9 Å². The number of amides is 1. The second-order valence-electron chi connectivity index (χ2n) is 7.85. The van der Waals surface area contributed by atoms with Crippen LogP contribution in [0.3, 0.4) is 0 Å². The minimum atomic E-state index is -0.576. The Balaban J connectivity index is 1.35. The Morgan fingerprint density at radius 1 is 1.24 bits per heavy atom. The summed E-state index contributed by atoms with van der Waals surface area (Å²) in [6.07, 6.45) is 0.816. The van der Waals surface area contributed by atoms with E-state index in [0.29, 0.717) is 5.13 Å². The third-order valence-electron chi connectivity index (χ3n) is 5.57. The van der Waals surface area contributed by atoms with Crippen LogP contribution in [-0.4, -0.2) is 27.5 Å². The zero-order valence-electron chi connectivity index (χ0n) is 17.8. The molecule has 0 fully saturated rings. The molecular formula is C24H20ClFN4O2S. The summed E-state index contributed by atoms with van der Waals surface area (Å²) in [6, 6.07) is 14.6. The van der Waals surface area contributed by atoms with Gasteiger partial charge in [-0.2, -0.15) is 0 Å². The maximum atomic E-state index is 14.5. The Morgan fingerprint density at radius 3 is 2.85 bits per heavy atom.